The maximum absolute atomic E-state index is 10.8. The number of aromatic nitrogens is 3. The lowest BCUT2D eigenvalue weighted by Gasteiger charge is -2.27. The minimum Gasteiger partial charge on any atom is -0.369 e. The fourth-order valence-corrected chi connectivity index (χ4v) is 3.52. The molecule has 4 rings (SSSR count). The highest BCUT2D eigenvalue weighted by atomic mass is 16.1. The Balaban J connectivity index is 1.47. The van der Waals surface area contributed by atoms with Crippen LogP contribution in [-0.4, -0.2) is 65.5 Å². The van der Waals surface area contributed by atoms with Crippen LogP contribution >= 0.6 is 0 Å². The topological polar surface area (TPSA) is 98.0 Å². The molecule has 2 aromatic heterocycles. The molecule has 1 aliphatic heterocycles. The molecule has 146 valence electrons. The summed E-state index contributed by atoms with van der Waals surface area (Å²) in [6.45, 7) is 6.32. The predicted octanol–water partition coefficient (Wildman–Crippen LogP) is 1.90. The molecule has 0 spiro atoms. The first-order chi connectivity index (χ1) is 13.8. The molecule has 8 heteroatoms. The van der Waals surface area contributed by atoms with Gasteiger partial charge in [0.1, 0.15) is 17.2 Å². The van der Waals surface area contributed by atoms with Crippen LogP contribution in [0, 0.1) is 0 Å². The van der Waals surface area contributed by atoms with Gasteiger partial charge >= 0.3 is 0 Å². The van der Waals surface area contributed by atoms with Crippen LogP contribution in [-0.2, 0) is 4.79 Å². The second-order valence-corrected chi connectivity index (χ2v) is 6.82. The quantitative estimate of drug-likeness (QED) is 0.353. The summed E-state index contributed by atoms with van der Waals surface area (Å²) in [4.78, 5) is 25.8. The van der Waals surface area contributed by atoms with Crippen molar-refractivity contribution < 1.29 is 4.79 Å². The molecule has 0 aliphatic carbocycles. The maximum Gasteiger partial charge on any atom is 0.211 e. The lowest BCUT2D eigenvalue weighted by atomic mass is 10.2. The predicted molar refractivity (Wildman–Crippen MR) is 111 cm³/mol. The van der Waals surface area contributed by atoms with Crippen molar-refractivity contribution in [3.63, 3.8) is 0 Å². The molecule has 1 aliphatic rings. The first kappa shape index (κ1) is 18.4. The highest BCUT2D eigenvalue weighted by Crippen LogP contribution is 2.28. The van der Waals surface area contributed by atoms with E-state index in [-0.39, 0.29) is 0 Å². The van der Waals surface area contributed by atoms with Crippen LogP contribution in [0.25, 0.3) is 22.4 Å². The molecular formula is C20H25N7O. The van der Waals surface area contributed by atoms with E-state index in [0.717, 1.165) is 73.9 Å². The SMILES string of the molecule is O=CNc1cccc2[nH]c(-c3cccnc3NCCCN3CCNCC3)nc12. The molecule has 0 unspecified atom stereocenters. The molecule has 4 N–H and O–H groups in total. The van der Waals surface area contributed by atoms with Crippen molar-refractivity contribution in [2.45, 2.75) is 6.42 Å². The van der Waals surface area contributed by atoms with Crippen molar-refractivity contribution >= 4 is 28.9 Å². The van der Waals surface area contributed by atoms with Gasteiger partial charge in [-0.1, -0.05) is 6.07 Å². The van der Waals surface area contributed by atoms with E-state index in [1.807, 2.05) is 30.3 Å². The third-order valence-electron chi connectivity index (χ3n) is 4.94. The van der Waals surface area contributed by atoms with Gasteiger partial charge < -0.3 is 25.8 Å². The smallest absolute Gasteiger partial charge is 0.211 e. The minimum atomic E-state index is 0.665. The van der Waals surface area contributed by atoms with Gasteiger partial charge in [0.25, 0.3) is 0 Å². The summed E-state index contributed by atoms with van der Waals surface area (Å²) < 4.78 is 0. The van der Waals surface area contributed by atoms with Crippen LogP contribution < -0.4 is 16.0 Å². The maximum atomic E-state index is 10.8. The van der Waals surface area contributed by atoms with E-state index in [2.05, 4.69) is 30.8 Å². The molecule has 8 nitrogen and oxygen atoms in total. The summed E-state index contributed by atoms with van der Waals surface area (Å²) in [5.74, 6) is 1.54. The van der Waals surface area contributed by atoms with E-state index >= 15 is 0 Å². The van der Waals surface area contributed by atoms with Gasteiger partial charge in [-0.2, -0.15) is 0 Å². The Hall–Kier alpha value is -2.97. The number of benzene rings is 1. The largest absolute Gasteiger partial charge is 0.369 e. The van der Waals surface area contributed by atoms with Gasteiger partial charge in [-0.3, -0.25) is 4.79 Å². The Morgan fingerprint density at radius 2 is 2.07 bits per heavy atom. The molecule has 0 atom stereocenters. The van der Waals surface area contributed by atoms with Gasteiger partial charge in [-0.15, -0.1) is 0 Å². The Bertz CT molecular complexity index is 933. The van der Waals surface area contributed by atoms with E-state index in [1.165, 1.54) is 0 Å². The number of carbonyl (C=O) groups excluding carboxylic acids is 1. The molecule has 0 saturated carbocycles. The minimum absolute atomic E-state index is 0.665. The van der Waals surface area contributed by atoms with Gasteiger partial charge in [-0.25, -0.2) is 9.97 Å². The summed E-state index contributed by atoms with van der Waals surface area (Å²) >= 11 is 0. The Kier molecular flexibility index (Phi) is 5.79. The van der Waals surface area contributed by atoms with E-state index < -0.39 is 0 Å². The summed E-state index contributed by atoms with van der Waals surface area (Å²) in [5, 5.41) is 9.53. The van der Waals surface area contributed by atoms with Crippen molar-refractivity contribution in [3.05, 3.63) is 36.5 Å². The first-order valence-electron chi connectivity index (χ1n) is 9.66. The molecule has 28 heavy (non-hydrogen) atoms. The van der Waals surface area contributed by atoms with Crippen molar-refractivity contribution in [1.82, 2.24) is 25.2 Å². The van der Waals surface area contributed by atoms with Crippen molar-refractivity contribution in [3.8, 4) is 11.4 Å². The number of piperazine rings is 1. The number of hydrogen-bond acceptors (Lipinski definition) is 6. The fraction of sp³-hybridized carbons (Fsp3) is 0.350. The zero-order valence-corrected chi connectivity index (χ0v) is 15.7. The average molecular weight is 379 g/mol. The lowest BCUT2D eigenvalue weighted by Crippen LogP contribution is -2.44. The van der Waals surface area contributed by atoms with Crippen molar-refractivity contribution in [2.24, 2.45) is 0 Å². The zero-order chi connectivity index (χ0) is 19.2. The number of imidazole rings is 1. The highest BCUT2D eigenvalue weighted by Gasteiger charge is 2.13. The zero-order valence-electron chi connectivity index (χ0n) is 15.7. The number of fused-ring (bicyclic) bond motifs is 1. The molecule has 1 saturated heterocycles. The number of anilines is 2. The number of aromatic amines is 1. The van der Waals surface area contributed by atoms with Gasteiger partial charge in [0.05, 0.1) is 16.8 Å². The van der Waals surface area contributed by atoms with Crippen LogP contribution in [0.15, 0.2) is 36.5 Å². The number of hydrogen-bond donors (Lipinski definition) is 4. The number of rotatable bonds is 8. The molecule has 1 aromatic carbocycles. The number of amides is 1. The fourth-order valence-electron chi connectivity index (χ4n) is 3.52. The molecule has 1 amide bonds. The molecule has 0 radical (unpaired) electrons. The summed E-state index contributed by atoms with van der Waals surface area (Å²) in [6.07, 6.45) is 3.51. The molecule has 1 fully saturated rings. The van der Waals surface area contributed by atoms with E-state index in [4.69, 9.17) is 4.98 Å². The second kappa shape index (κ2) is 8.81. The average Bonchev–Trinajstić information content (AvgIpc) is 3.18. The number of nitrogens with zero attached hydrogens (tertiary/aromatic N) is 3. The second-order valence-electron chi connectivity index (χ2n) is 6.82. The van der Waals surface area contributed by atoms with E-state index in [0.29, 0.717) is 12.1 Å². The number of carbonyl (C=O) groups is 1. The van der Waals surface area contributed by atoms with Crippen molar-refractivity contribution in [2.75, 3.05) is 49.9 Å². The van der Waals surface area contributed by atoms with Crippen LogP contribution in [0.3, 0.4) is 0 Å². The number of para-hydroxylation sites is 1. The Morgan fingerprint density at radius 3 is 2.93 bits per heavy atom. The van der Waals surface area contributed by atoms with Crippen LogP contribution in [0.1, 0.15) is 6.42 Å². The summed E-state index contributed by atoms with van der Waals surface area (Å²) in [5.41, 5.74) is 3.20. The lowest BCUT2D eigenvalue weighted by molar-refractivity contribution is -0.105. The monoisotopic (exact) mass is 379 g/mol. The third kappa shape index (κ3) is 4.13. The number of pyridine rings is 1. The van der Waals surface area contributed by atoms with E-state index in [1.54, 1.807) is 6.20 Å². The number of H-pyrrole nitrogens is 1. The van der Waals surface area contributed by atoms with Crippen LogP contribution in [0.2, 0.25) is 0 Å². The van der Waals surface area contributed by atoms with Crippen molar-refractivity contribution in [1.29, 1.82) is 0 Å². The van der Waals surface area contributed by atoms with Gasteiger partial charge in [-0.05, 0) is 37.2 Å². The first-order valence-corrected chi connectivity index (χ1v) is 9.66. The standard InChI is InChI=1S/C20H25N7O/c28-14-24-16-5-1-6-17-18(16)26-20(25-17)15-4-2-7-22-19(15)23-8-3-11-27-12-9-21-10-13-27/h1-2,4-7,14,21H,3,8-13H2,(H,22,23)(H,24,28)(H,25,26). The highest BCUT2D eigenvalue weighted by molar-refractivity contribution is 5.94. The normalized spacial score (nSPS) is 14.9. The Morgan fingerprint density at radius 1 is 1.18 bits per heavy atom. The van der Waals surface area contributed by atoms with Gasteiger partial charge in [0.2, 0.25) is 6.41 Å². The van der Waals surface area contributed by atoms with Gasteiger partial charge in [0, 0.05) is 38.9 Å². The number of nitrogens with one attached hydrogen (secondary N) is 4. The van der Waals surface area contributed by atoms with Gasteiger partial charge in [0.15, 0.2) is 0 Å². The summed E-state index contributed by atoms with van der Waals surface area (Å²) in [7, 11) is 0. The van der Waals surface area contributed by atoms with E-state index in [9.17, 15) is 4.79 Å². The van der Waals surface area contributed by atoms with Crippen LogP contribution in [0.4, 0.5) is 11.5 Å². The summed E-state index contributed by atoms with van der Waals surface area (Å²) in [6, 6.07) is 9.56. The molecule has 0 bridgehead atoms. The molecule has 3 heterocycles. The molecular weight excluding hydrogens is 354 g/mol. The Labute approximate surface area is 163 Å². The van der Waals surface area contributed by atoms with Crippen LogP contribution in [0.5, 0.6) is 0 Å². The molecule has 3 aromatic rings. The third-order valence-corrected chi connectivity index (χ3v) is 4.94.